The zero-order chi connectivity index (χ0) is 20.1. The fraction of sp³-hybridized carbons (Fsp3) is 0.550. The van der Waals surface area contributed by atoms with E-state index in [2.05, 4.69) is 28.5 Å². The summed E-state index contributed by atoms with van der Waals surface area (Å²) in [6.07, 6.45) is 1.92. The Kier molecular flexibility index (Phi) is 6.61. The predicted molar refractivity (Wildman–Crippen MR) is 108 cm³/mol. The molecule has 2 N–H and O–H groups in total. The number of rotatable bonds is 7. The van der Waals surface area contributed by atoms with Crippen molar-refractivity contribution in [3.8, 4) is 0 Å². The molecule has 0 bridgehead atoms. The van der Waals surface area contributed by atoms with Gasteiger partial charge < -0.3 is 15.3 Å². The van der Waals surface area contributed by atoms with Gasteiger partial charge in [-0.1, -0.05) is 26.0 Å². The first-order valence-corrected chi connectivity index (χ1v) is 10.4. The number of benzene rings is 1. The van der Waals surface area contributed by atoms with E-state index in [4.69, 9.17) is 0 Å². The molecule has 1 aliphatic heterocycles. The Bertz CT molecular complexity index is 786. The summed E-state index contributed by atoms with van der Waals surface area (Å²) in [5, 5.41) is 13.6. The lowest BCUT2D eigenvalue weighted by molar-refractivity contribution is -0.133. The summed E-state index contributed by atoms with van der Waals surface area (Å²) in [4.78, 5) is 18.6. The molecule has 0 spiro atoms. The second kappa shape index (κ2) is 8.96. The molecule has 2 heterocycles. The second-order valence-electron chi connectivity index (χ2n) is 7.87. The van der Waals surface area contributed by atoms with Crippen molar-refractivity contribution in [1.29, 1.82) is 0 Å². The van der Waals surface area contributed by atoms with Gasteiger partial charge in [0.15, 0.2) is 0 Å². The zero-order valence-electron chi connectivity index (χ0n) is 16.3. The van der Waals surface area contributed by atoms with Crippen LogP contribution in [0.25, 0.3) is 0 Å². The molecular formula is C20H27FN4O2S. The minimum absolute atomic E-state index is 0.0913. The molecule has 0 radical (unpaired) electrons. The molecule has 1 aromatic heterocycles. The van der Waals surface area contributed by atoms with Gasteiger partial charge in [0.1, 0.15) is 11.6 Å². The number of aryl methyl sites for hydroxylation is 1. The quantitative estimate of drug-likeness (QED) is 0.739. The third-order valence-corrected chi connectivity index (χ3v) is 5.87. The Morgan fingerprint density at radius 1 is 1.32 bits per heavy atom. The maximum Gasteiger partial charge on any atom is 0.223 e. The second-order valence-corrected chi connectivity index (χ2v) is 8.62. The highest BCUT2D eigenvalue weighted by atomic mass is 32.1. The number of aromatic nitrogens is 2. The lowest BCUT2D eigenvalue weighted by Crippen LogP contribution is -2.40. The highest BCUT2D eigenvalue weighted by molar-refractivity contribution is 7.09. The van der Waals surface area contributed by atoms with Gasteiger partial charge in [0.2, 0.25) is 11.0 Å². The van der Waals surface area contributed by atoms with Gasteiger partial charge in [-0.25, -0.2) is 9.37 Å². The van der Waals surface area contributed by atoms with Crippen LogP contribution in [0.1, 0.15) is 44.5 Å². The summed E-state index contributed by atoms with van der Waals surface area (Å²) in [6.45, 7) is 6.06. The van der Waals surface area contributed by atoms with E-state index in [0.29, 0.717) is 51.1 Å². The van der Waals surface area contributed by atoms with Crippen LogP contribution in [0, 0.1) is 5.82 Å². The number of piperidine rings is 1. The van der Waals surface area contributed by atoms with Gasteiger partial charge in [-0.2, -0.15) is 4.37 Å². The van der Waals surface area contributed by atoms with E-state index < -0.39 is 0 Å². The van der Waals surface area contributed by atoms with E-state index in [1.165, 1.54) is 23.7 Å². The Balaban J connectivity index is 1.47. The molecule has 6 nitrogen and oxygen atoms in total. The molecule has 1 amide bonds. The van der Waals surface area contributed by atoms with Crippen LogP contribution in [0.5, 0.6) is 0 Å². The van der Waals surface area contributed by atoms with Crippen LogP contribution < -0.4 is 5.32 Å². The van der Waals surface area contributed by atoms with Gasteiger partial charge in [-0.3, -0.25) is 4.79 Å². The van der Waals surface area contributed by atoms with Gasteiger partial charge in [0.05, 0.1) is 6.10 Å². The third-order valence-electron chi connectivity index (χ3n) is 5.15. The highest BCUT2D eigenvalue weighted by Gasteiger charge is 2.22. The minimum Gasteiger partial charge on any atom is -0.393 e. The fourth-order valence-electron chi connectivity index (χ4n) is 3.22. The summed E-state index contributed by atoms with van der Waals surface area (Å²) in [5.41, 5.74) is 0.859. The van der Waals surface area contributed by atoms with Crippen molar-refractivity contribution in [3.63, 3.8) is 0 Å². The molecule has 0 atom stereocenters. The van der Waals surface area contributed by atoms with Gasteiger partial charge in [0, 0.05) is 49.4 Å². The van der Waals surface area contributed by atoms with E-state index in [9.17, 15) is 14.3 Å². The smallest absolute Gasteiger partial charge is 0.223 e. The van der Waals surface area contributed by atoms with Crippen molar-refractivity contribution in [3.05, 3.63) is 41.5 Å². The van der Waals surface area contributed by atoms with Crippen molar-refractivity contribution in [1.82, 2.24) is 14.3 Å². The molecule has 0 aliphatic carbocycles. The number of anilines is 1. The highest BCUT2D eigenvalue weighted by Crippen LogP contribution is 2.24. The number of nitrogens with zero attached hydrogens (tertiary/aromatic N) is 3. The summed E-state index contributed by atoms with van der Waals surface area (Å²) in [6, 6.07) is 6.54. The van der Waals surface area contributed by atoms with Crippen LogP contribution in [0.4, 0.5) is 9.52 Å². The summed E-state index contributed by atoms with van der Waals surface area (Å²) < 4.78 is 17.5. The molecule has 0 saturated carbocycles. The standard InChI is InChI=1S/C20H27FN4O2S/c1-20(2,14-3-5-15(21)6-4-14)13-22-19-23-17(24-28-19)7-8-18(27)25-11-9-16(26)10-12-25/h3-6,16,26H,7-13H2,1-2H3,(H,22,23,24). The Hall–Kier alpha value is -2.06. The largest absolute Gasteiger partial charge is 0.393 e. The van der Waals surface area contributed by atoms with Crippen molar-refractivity contribution >= 4 is 22.6 Å². The van der Waals surface area contributed by atoms with Crippen LogP contribution in [-0.2, 0) is 16.6 Å². The Morgan fingerprint density at radius 2 is 2.00 bits per heavy atom. The van der Waals surface area contributed by atoms with Gasteiger partial charge in [0.25, 0.3) is 0 Å². The van der Waals surface area contributed by atoms with E-state index in [0.717, 1.165) is 10.7 Å². The van der Waals surface area contributed by atoms with Crippen molar-refractivity contribution in [2.24, 2.45) is 0 Å². The van der Waals surface area contributed by atoms with Crippen LogP contribution >= 0.6 is 11.5 Å². The number of carbonyl (C=O) groups is 1. The van der Waals surface area contributed by atoms with Gasteiger partial charge in [-0.05, 0) is 30.5 Å². The lowest BCUT2D eigenvalue weighted by atomic mass is 9.85. The van der Waals surface area contributed by atoms with Crippen LogP contribution in [0.3, 0.4) is 0 Å². The number of carbonyl (C=O) groups excluding carboxylic acids is 1. The average molecular weight is 407 g/mol. The molecule has 1 saturated heterocycles. The van der Waals surface area contributed by atoms with E-state index in [-0.39, 0.29) is 23.2 Å². The number of hydrogen-bond acceptors (Lipinski definition) is 6. The lowest BCUT2D eigenvalue weighted by Gasteiger charge is -2.29. The number of halogens is 1. The van der Waals surface area contributed by atoms with Crippen LogP contribution in [-0.4, -0.2) is 51.0 Å². The zero-order valence-corrected chi connectivity index (χ0v) is 17.1. The SMILES string of the molecule is CC(C)(CNc1nc(CCC(=O)N2CCC(O)CC2)ns1)c1ccc(F)cc1. The van der Waals surface area contributed by atoms with Crippen LogP contribution in [0.15, 0.2) is 24.3 Å². The molecule has 1 aromatic carbocycles. The fourth-order valence-corrected chi connectivity index (χ4v) is 3.83. The van der Waals surface area contributed by atoms with Crippen LogP contribution in [0.2, 0.25) is 0 Å². The van der Waals surface area contributed by atoms with Crippen molar-refractivity contribution in [2.75, 3.05) is 25.0 Å². The first-order chi connectivity index (χ1) is 13.3. The molecular weight excluding hydrogens is 379 g/mol. The number of aliphatic hydroxyl groups excluding tert-OH is 1. The summed E-state index contributed by atoms with van der Waals surface area (Å²) in [5.74, 6) is 0.516. The first-order valence-electron chi connectivity index (χ1n) is 9.62. The number of amides is 1. The molecule has 152 valence electrons. The maximum absolute atomic E-state index is 13.1. The summed E-state index contributed by atoms with van der Waals surface area (Å²) in [7, 11) is 0. The number of likely N-dealkylation sites (tertiary alicyclic amines) is 1. The monoisotopic (exact) mass is 406 g/mol. The third kappa shape index (κ3) is 5.48. The van der Waals surface area contributed by atoms with E-state index in [1.807, 2.05) is 4.90 Å². The molecule has 2 aromatic rings. The molecule has 28 heavy (non-hydrogen) atoms. The Labute approximate surface area is 169 Å². The molecule has 8 heteroatoms. The average Bonchev–Trinajstić information content (AvgIpc) is 3.13. The normalized spacial score (nSPS) is 15.6. The maximum atomic E-state index is 13.1. The van der Waals surface area contributed by atoms with E-state index in [1.54, 1.807) is 12.1 Å². The van der Waals surface area contributed by atoms with Crippen molar-refractivity contribution < 1.29 is 14.3 Å². The van der Waals surface area contributed by atoms with Gasteiger partial charge >= 0.3 is 0 Å². The van der Waals surface area contributed by atoms with Gasteiger partial charge in [-0.15, -0.1) is 0 Å². The predicted octanol–water partition coefficient (Wildman–Crippen LogP) is 2.98. The molecule has 3 rings (SSSR count). The summed E-state index contributed by atoms with van der Waals surface area (Å²) >= 11 is 1.29. The topological polar surface area (TPSA) is 78.4 Å². The number of hydrogen-bond donors (Lipinski definition) is 2. The molecule has 0 unspecified atom stereocenters. The Morgan fingerprint density at radius 3 is 2.68 bits per heavy atom. The molecule has 1 aliphatic rings. The first kappa shape index (κ1) is 20.7. The number of nitrogens with one attached hydrogen (secondary N) is 1. The van der Waals surface area contributed by atoms with Crippen molar-refractivity contribution in [2.45, 2.75) is 51.0 Å². The van der Waals surface area contributed by atoms with E-state index >= 15 is 0 Å². The minimum atomic E-state index is -0.281. The molecule has 1 fully saturated rings. The number of aliphatic hydroxyl groups is 1.